The summed E-state index contributed by atoms with van der Waals surface area (Å²) in [5, 5.41) is 12.5. The van der Waals surface area contributed by atoms with Gasteiger partial charge < -0.3 is 9.47 Å². The first kappa shape index (κ1) is 10.6. The zero-order chi connectivity index (χ0) is 12.7. The third-order valence-corrected chi connectivity index (χ3v) is 2.89. The van der Waals surface area contributed by atoms with Crippen molar-refractivity contribution in [2.75, 3.05) is 7.11 Å². The van der Waals surface area contributed by atoms with Crippen molar-refractivity contribution < 1.29 is 14.4 Å². The lowest BCUT2D eigenvalue weighted by atomic mass is 10.0. The molecule has 0 spiro atoms. The van der Waals surface area contributed by atoms with Crippen LogP contribution in [0.4, 0.5) is 0 Å². The summed E-state index contributed by atoms with van der Waals surface area (Å²) in [5.41, 5.74) is 0.763. The van der Waals surface area contributed by atoms with Crippen LogP contribution in [-0.2, 0) is 0 Å². The Morgan fingerprint density at radius 2 is 2.11 bits per heavy atom. The van der Waals surface area contributed by atoms with Crippen molar-refractivity contribution in [2.24, 2.45) is 0 Å². The number of ether oxygens (including phenoxy) is 2. The Hall–Kier alpha value is -2.56. The number of methoxy groups -OCH3 is 1. The van der Waals surface area contributed by atoms with Crippen molar-refractivity contribution in [3.63, 3.8) is 0 Å². The Morgan fingerprint density at radius 1 is 1.28 bits per heavy atom. The summed E-state index contributed by atoms with van der Waals surface area (Å²) in [7, 11) is 1.59. The largest absolute Gasteiger partial charge is 0.496 e. The Kier molecular flexibility index (Phi) is 2.19. The summed E-state index contributed by atoms with van der Waals surface area (Å²) in [5.74, 6) is 0.938. The molecule has 90 valence electrons. The van der Waals surface area contributed by atoms with E-state index in [9.17, 15) is 10.1 Å². The summed E-state index contributed by atoms with van der Waals surface area (Å²) < 4.78 is 10.5. The molecule has 0 bridgehead atoms. The van der Waals surface area contributed by atoms with Crippen molar-refractivity contribution in [1.29, 1.82) is 0 Å². The molecule has 0 aromatic heterocycles. The Morgan fingerprint density at radius 3 is 2.83 bits per heavy atom. The summed E-state index contributed by atoms with van der Waals surface area (Å²) in [6.45, 7) is 0. The smallest absolute Gasteiger partial charge is 0.434 e. The molecule has 18 heavy (non-hydrogen) atoms. The maximum absolute atomic E-state index is 10.8. The summed E-state index contributed by atoms with van der Waals surface area (Å²) in [6.07, 6.45) is 1.43. The van der Waals surface area contributed by atoms with E-state index in [1.807, 2.05) is 6.07 Å². The molecule has 0 atom stereocenters. The second-order valence-electron chi connectivity index (χ2n) is 3.88. The second-order valence-corrected chi connectivity index (χ2v) is 3.88. The third-order valence-electron chi connectivity index (χ3n) is 2.89. The molecule has 2 aromatic rings. The molecular weight excluding hydrogens is 234 g/mol. The number of hydrogen-bond acceptors (Lipinski definition) is 4. The molecule has 0 amide bonds. The molecule has 0 N–H and O–H groups in total. The van der Waals surface area contributed by atoms with Crippen molar-refractivity contribution in [1.82, 2.24) is 0 Å². The first-order valence-corrected chi connectivity index (χ1v) is 5.34. The van der Waals surface area contributed by atoms with E-state index in [1.54, 1.807) is 31.4 Å². The van der Waals surface area contributed by atoms with Crippen molar-refractivity contribution in [2.45, 2.75) is 0 Å². The quantitative estimate of drug-likeness (QED) is 0.601. The molecule has 0 saturated heterocycles. The molecule has 0 radical (unpaired) electrons. The standard InChI is InChI=1S/C13H9NO4/c1-17-10-6-5-8-7-12(14(15)16)18-11-4-2-3-9(10)13(8)11/h2-7H,1H3. The molecule has 0 saturated carbocycles. The first-order valence-electron chi connectivity index (χ1n) is 5.34. The van der Waals surface area contributed by atoms with Gasteiger partial charge in [-0.25, -0.2) is 0 Å². The number of benzene rings is 2. The molecule has 1 aliphatic rings. The molecule has 5 heteroatoms. The van der Waals surface area contributed by atoms with Crippen LogP contribution >= 0.6 is 0 Å². The van der Waals surface area contributed by atoms with Crippen LogP contribution in [0.5, 0.6) is 11.5 Å². The molecule has 0 fully saturated rings. The number of nitro groups is 1. The van der Waals surface area contributed by atoms with Gasteiger partial charge in [-0.05, 0) is 17.7 Å². The van der Waals surface area contributed by atoms with Gasteiger partial charge in [0, 0.05) is 10.8 Å². The van der Waals surface area contributed by atoms with E-state index >= 15 is 0 Å². The van der Waals surface area contributed by atoms with E-state index in [2.05, 4.69) is 0 Å². The van der Waals surface area contributed by atoms with Crippen LogP contribution in [0, 0.1) is 10.1 Å². The minimum absolute atomic E-state index is 0.264. The fraction of sp³-hybridized carbons (Fsp3) is 0.0769. The van der Waals surface area contributed by atoms with Crippen LogP contribution in [0.15, 0.2) is 36.2 Å². The fourth-order valence-electron chi connectivity index (χ4n) is 2.12. The van der Waals surface area contributed by atoms with Crippen molar-refractivity contribution >= 4 is 16.8 Å². The van der Waals surface area contributed by atoms with Gasteiger partial charge in [0.05, 0.1) is 13.2 Å². The van der Waals surface area contributed by atoms with E-state index < -0.39 is 4.92 Å². The van der Waals surface area contributed by atoms with Crippen LogP contribution in [0.2, 0.25) is 0 Å². The van der Waals surface area contributed by atoms with E-state index in [0.717, 1.165) is 22.1 Å². The zero-order valence-corrected chi connectivity index (χ0v) is 9.54. The molecular formula is C13H9NO4. The fourth-order valence-corrected chi connectivity index (χ4v) is 2.12. The monoisotopic (exact) mass is 243 g/mol. The summed E-state index contributed by atoms with van der Waals surface area (Å²) >= 11 is 0. The Labute approximate surface area is 102 Å². The van der Waals surface area contributed by atoms with Crippen LogP contribution < -0.4 is 9.47 Å². The van der Waals surface area contributed by atoms with Crippen molar-refractivity contribution in [3.05, 3.63) is 51.9 Å². The molecule has 0 aliphatic carbocycles. The molecule has 2 aromatic carbocycles. The lowest BCUT2D eigenvalue weighted by Crippen LogP contribution is -2.09. The number of rotatable bonds is 2. The van der Waals surface area contributed by atoms with Gasteiger partial charge in [0.1, 0.15) is 16.4 Å². The van der Waals surface area contributed by atoms with Crippen LogP contribution in [0.25, 0.3) is 16.8 Å². The molecule has 1 heterocycles. The average Bonchev–Trinajstić information content (AvgIpc) is 2.39. The lowest BCUT2D eigenvalue weighted by Gasteiger charge is -2.15. The minimum Gasteiger partial charge on any atom is -0.496 e. The first-order chi connectivity index (χ1) is 8.70. The van der Waals surface area contributed by atoms with E-state index in [1.165, 1.54) is 6.08 Å². The molecule has 3 rings (SSSR count). The van der Waals surface area contributed by atoms with Crippen molar-refractivity contribution in [3.8, 4) is 11.5 Å². The third kappa shape index (κ3) is 1.41. The normalized spacial score (nSPS) is 12.8. The average molecular weight is 243 g/mol. The van der Waals surface area contributed by atoms with Gasteiger partial charge in [0.15, 0.2) is 0 Å². The van der Waals surface area contributed by atoms with Gasteiger partial charge in [-0.1, -0.05) is 18.2 Å². The zero-order valence-electron chi connectivity index (χ0n) is 9.54. The SMILES string of the molecule is COc1ccc2c3c(cccc13)OC([N+](=O)[O-])=C2. The molecule has 1 aliphatic heterocycles. The van der Waals surface area contributed by atoms with E-state index in [4.69, 9.17) is 9.47 Å². The highest BCUT2D eigenvalue weighted by Gasteiger charge is 2.23. The van der Waals surface area contributed by atoms with Gasteiger partial charge in [-0.3, -0.25) is 10.1 Å². The number of hydrogen-bond donors (Lipinski definition) is 0. The van der Waals surface area contributed by atoms with Crippen LogP contribution in [-0.4, -0.2) is 12.0 Å². The maximum atomic E-state index is 10.8. The Bertz CT molecular complexity index is 691. The second kappa shape index (κ2) is 3.73. The van der Waals surface area contributed by atoms with Gasteiger partial charge in [-0.2, -0.15) is 0 Å². The summed E-state index contributed by atoms with van der Waals surface area (Å²) in [4.78, 5) is 10.3. The summed E-state index contributed by atoms with van der Waals surface area (Å²) in [6, 6.07) is 8.97. The number of nitrogens with zero attached hydrogens (tertiary/aromatic N) is 1. The maximum Gasteiger partial charge on any atom is 0.434 e. The lowest BCUT2D eigenvalue weighted by molar-refractivity contribution is -0.452. The van der Waals surface area contributed by atoms with E-state index in [0.29, 0.717) is 5.75 Å². The Balaban J connectivity index is 2.35. The molecule has 5 nitrogen and oxygen atoms in total. The van der Waals surface area contributed by atoms with Crippen LogP contribution in [0.3, 0.4) is 0 Å². The minimum atomic E-state index is -0.536. The van der Waals surface area contributed by atoms with E-state index in [-0.39, 0.29) is 5.88 Å². The highest BCUT2D eigenvalue weighted by Crippen LogP contribution is 2.39. The van der Waals surface area contributed by atoms with Gasteiger partial charge in [-0.15, -0.1) is 0 Å². The predicted octanol–water partition coefficient (Wildman–Crippen LogP) is 2.82. The topological polar surface area (TPSA) is 61.6 Å². The van der Waals surface area contributed by atoms with Gasteiger partial charge in [0.2, 0.25) is 0 Å². The van der Waals surface area contributed by atoms with Gasteiger partial charge in [0.25, 0.3) is 0 Å². The van der Waals surface area contributed by atoms with Gasteiger partial charge >= 0.3 is 5.88 Å². The predicted molar refractivity (Wildman–Crippen MR) is 66.1 cm³/mol. The highest BCUT2D eigenvalue weighted by atomic mass is 16.7. The molecule has 0 unspecified atom stereocenters. The van der Waals surface area contributed by atoms with Crippen LogP contribution in [0.1, 0.15) is 5.56 Å². The highest BCUT2D eigenvalue weighted by molar-refractivity contribution is 6.00.